The van der Waals surface area contributed by atoms with E-state index in [0.29, 0.717) is 5.56 Å². The predicted molar refractivity (Wildman–Crippen MR) is 134 cm³/mol. The number of carbonyl (C=O) groups excluding carboxylic acids is 1. The van der Waals surface area contributed by atoms with E-state index in [-0.39, 0.29) is 33.9 Å². The maximum absolute atomic E-state index is 14.0. The molecule has 12 heteroatoms. The molecule has 3 aromatic carbocycles. The zero-order valence-corrected chi connectivity index (χ0v) is 20.3. The number of nitrogens with zero attached hydrogens (tertiary/aromatic N) is 1. The van der Waals surface area contributed by atoms with Crippen LogP contribution in [0.25, 0.3) is 28.2 Å². The Hall–Kier alpha value is -5.13. The summed E-state index contributed by atoms with van der Waals surface area (Å²) in [5, 5.41) is 10.7. The molecule has 0 aliphatic heterocycles. The number of ether oxygens (including phenoxy) is 3. The van der Waals surface area contributed by atoms with Gasteiger partial charge in [0, 0.05) is 24.3 Å². The first kappa shape index (κ1) is 26.9. The summed E-state index contributed by atoms with van der Waals surface area (Å²) >= 11 is 0. The molecule has 0 spiro atoms. The van der Waals surface area contributed by atoms with Crippen molar-refractivity contribution in [2.45, 2.75) is 6.18 Å². The number of esters is 1. The number of hydrogen-bond acceptors (Lipinski definition) is 8. The fourth-order valence-electron chi connectivity index (χ4n) is 3.75. The van der Waals surface area contributed by atoms with Crippen LogP contribution in [0.2, 0.25) is 0 Å². The molecule has 0 aliphatic rings. The topological polar surface area (TPSA) is 118 Å². The average molecular weight is 541 g/mol. The van der Waals surface area contributed by atoms with E-state index >= 15 is 0 Å². The van der Waals surface area contributed by atoms with Crippen LogP contribution in [0, 0.1) is 10.1 Å². The lowest BCUT2D eigenvalue weighted by Gasteiger charge is -2.14. The minimum absolute atomic E-state index is 0.0996. The molecule has 0 bridgehead atoms. The van der Waals surface area contributed by atoms with Gasteiger partial charge in [-0.3, -0.25) is 14.9 Å². The molecule has 0 fully saturated rings. The maximum atomic E-state index is 14.0. The zero-order valence-electron chi connectivity index (χ0n) is 20.3. The minimum atomic E-state index is -5.04. The summed E-state index contributed by atoms with van der Waals surface area (Å²) in [6.07, 6.45) is -2.78. The van der Waals surface area contributed by atoms with Gasteiger partial charge in [0.05, 0.1) is 30.1 Å². The Morgan fingerprint density at radius 1 is 1.00 bits per heavy atom. The molecule has 200 valence electrons. The van der Waals surface area contributed by atoms with E-state index in [0.717, 1.165) is 12.1 Å². The van der Waals surface area contributed by atoms with Crippen LogP contribution in [0.15, 0.2) is 76.0 Å². The lowest BCUT2D eigenvalue weighted by Crippen LogP contribution is -2.16. The first-order chi connectivity index (χ1) is 18.5. The van der Waals surface area contributed by atoms with Gasteiger partial charge in [-0.1, -0.05) is 18.2 Å². The third-order valence-corrected chi connectivity index (χ3v) is 5.50. The molecule has 0 saturated carbocycles. The first-order valence-electron chi connectivity index (χ1n) is 11.1. The fraction of sp³-hybridized carbons (Fsp3) is 0.111. The first-order valence-corrected chi connectivity index (χ1v) is 11.1. The van der Waals surface area contributed by atoms with Crippen LogP contribution in [0.4, 0.5) is 18.9 Å². The number of non-ortho nitro benzene ring substituents is 1. The molecule has 1 heterocycles. The Labute approximate surface area is 217 Å². The molecule has 4 aromatic rings. The number of carbonyl (C=O) groups is 1. The van der Waals surface area contributed by atoms with E-state index in [9.17, 15) is 32.9 Å². The van der Waals surface area contributed by atoms with Crippen molar-refractivity contribution in [3.05, 3.63) is 98.4 Å². The molecule has 0 saturated heterocycles. The monoisotopic (exact) mass is 541 g/mol. The van der Waals surface area contributed by atoms with Crippen molar-refractivity contribution < 1.29 is 41.5 Å². The largest absolute Gasteiger partial charge is 0.493 e. The van der Waals surface area contributed by atoms with Gasteiger partial charge in [-0.05, 0) is 41.5 Å². The van der Waals surface area contributed by atoms with Gasteiger partial charge in [0.25, 0.3) is 5.69 Å². The van der Waals surface area contributed by atoms with Crippen molar-refractivity contribution in [2.24, 2.45) is 0 Å². The highest BCUT2D eigenvalue weighted by Gasteiger charge is 2.39. The Morgan fingerprint density at radius 2 is 1.74 bits per heavy atom. The summed E-state index contributed by atoms with van der Waals surface area (Å²) in [6, 6.07) is 12.7. The summed E-state index contributed by atoms with van der Waals surface area (Å²) < 4.78 is 62.5. The normalized spacial score (nSPS) is 11.5. The van der Waals surface area contributed by atoms with E-state index in [2.05, 4.69) is 0 Å². The van der Waals surface area contributed by atoms with Gasteiger partial charge < -0.3 is 18.6 Å². The number of rotatable bonds is 7. The van der Waals surface area contributed by atoms with E-state index in [1.54, 1.807) is 0 Å². The molecule has 39 heavy (non-hydrogen) atoms. The van der Waals surface area contributed by atoms with E-state index < -0.39 is 39.4 Å². The van der Waals surface area contributed by atoms with Crippen molar-refractivity contribution in [1.82, 2.24) is 0 Å². The van der Waals surface area contributed by atoms with E-state index in [4.69, 9.17) is 18.6 Å². The van der Waals surface area contributed by atoms with Gasteiger partial charge >= 0.3 is 12.1 Å². The lowest BCUT2D eigenvalue weighted by molar-refractivity contribution is -0.384. The number of nitro benzene ring substituents is 1. The summed E-state index contributed by atoms with van der Waals surface area (Å²) in [4.78, 5) is 35.8. The fourth-order valence-corrected chi connectivity index (χ4v) is 3.75. The minimum Gasteiger partial charge on any atom is -0.493 e. The standard InChI is InChI=1S/C27H18F3NO8/c1-36-20-10-7-16(13-22(20)37-2)24-25(33)19-9-8-18(14-21(19)39-26(24)27(28,29)30)38-23(32)11-6-15-4-3-5-17(12-15)31(34)35/h3-14H,1-2H3/b11-6+. The van der Waals surface area contributed by atoms with Gasteiger partial charge in [0.15, 0.2) is 11.5 Å². The summed E-state index contributed by atoms with van der Waals surface area (Å²) in [5.41, 5.74) is -2.06. The highest BCUT2D eigenvalue weighted by atomic mass is 19.4. The summed E-state index contributed by atoms with van der Waals surface area (Å²) in [5.74, 6) is -2.28. The number of alkyl halides is 3. The van der Waals surface area contributed by atoms with Crippen LogP contribution in [-0.4, -0.2) is 25.1 Å². The zero-order chi connectivity index (χ0) is 28.3. The van der Waals surface area contributed by atoms with Crippen LogP contribution < -0.4 is 19.6 Å². The maximum Gasteiger partial charge on any atom is 0.450 e. The molecule has 0 aliphatic carbocycles. The van der Waals surface area contributed by atoms with Crippen molar-refractivity contribution in [2.75, 3.05) is 14.2 Å². The van der Waals surface area contributed by atoms with Crippen molar-refractivity contribution in [1.29, 1.82) is 0 Å². The summed E-state index contributed by atoms with van der Waals surface area (Å²) in [7, 11) is 2.66. The number of benzene rings is 3. The van der Waals surface area contributed by atoms with Crippen molar-refractivity contribution in [3.8, 4) is 28.4 Å². The molecule has 0 N–H and O–H groups in total. The highest BCUT2D eigenvalue weighted by Crippen LogP contribution is 2.40. The second-order valence-corrected chi connectivity index (χ2v) is 7.97. The predicted octanol–water partition coefficient (Wildman–Crippen LogP) is 6.02. The SMILES string of the molecule is COc1ccc(-c2c(C(F)(F)F)oc3cc(OC(=O)/C=C/c4cccc([N+](=O)[O-])c4)ccc3c2=O)cc1OC. The Morgan fingerprint density at radius 3 is 2.41 bits per heavy atom. The van der Waals surface area contributed by atoms with Gasteiger partial charge in [-0.25, -0.2) is 4.79 Å². The molecule has 0 unspecified atom stereocenters. The molecular weight excluding hydrogens is 523 g/mol. The molecule has 0 amide bonds. The van der Waals surface area contributed by atoms with Gasteiger partial charge in [0.1, 0.15) is 11.3 Å². The average Bonchev–Trinajstić information content (AvgIpc) is 2.91. The number of methoxy groups -OCH3 is 2. The second-order valence-electron chi connectivity index (χ2n) is 7.97. The van der Waals surface area contributed by atoms with Crippen molar-refractivity contribution in [3.63, 3.8) is 0 Å². The number of nitro groups is 1. The molecule has 1 aromatic heterocycles. The quantitative estimate of drug-likeness (QED) is 0.0916. The third kappa shape index (κ3) is 5.74. The molecular formula is C27H18F3NO8. The van der Waals surface area contributed by atoms with Gasteiger partial charge in [0.2, 0.25) is 11.2 Å². The second kappa shape index (κ2) is 10.7. The van der Waals surface area contributed by atoms with Gasteiger partial charge in [-0.15, -0.1) is 0 Å². The van der Waals surface area contributed by atoms with Gasteiger partial charge in [-0.2, -0.15) is 13.2 Å². The third-order valence-electron chi connectivity index (χ3n) is 5.50. The Bertz CT molecular complexity index is 1670. The smallest absolute Gasteiger partial charge is 0.450 e. The molecule has 0 radical (unpaired) electrons. The number of fused-ring (bicyclic) bond motifs is 1. The van der Waals surface area contributed by atoms with Crippen LogP contribution in [0.1, 0.15) is 11.3 Å². The van der Waals surface area contributed by atoms with E-state index in [1.807, 2.05) is 0 Å². The van der Waals surface area contributed by atoms with Crippen molar-refractivity contribution >= 4 is 28.7 Å². The number of hydrogen-bond donors (Lipinski definition) is 0. The highest BCUT2D eigenvalue weighted by molar-refractivity contribution is 5.90. The van der Waals surface area contributed by atoms with Crippen LogP contribution in [-0.2, 0) is 11.0 Å². The van der Waals surface area contributed by atoms with Crippen LogP contribution in [0.5, 0.6) is 17.2 Å². The Balaban J connectivity index is 1.71. The van der Waals surface area contributed by atoms with Crippen LogP contribution >= 0.6 is 0 Å². The molecule has 9 nitrogen and oxygen atoms in total. The number of halogens is 3. The summed E-state index contributed by atoms with van der Waals surface area (Å²) in [6.45, 7) is 0. The van der Waals surface area contributed by atoms with Crippen LogP contribution in [0.3, 0.4) is 0 Å². The Kier molecular flexibility index (Phi) is 7.38. The molecule has 0 atom stereocenters. The van der Waals surface area contributed by atoms with E-state index in [1.165, 1.54) is 74.9 Å². The lowest BCUT2D eigenvalue weighted by atomic mass is 10.0. The molecule has 4 rings (SSSR count).